The van der Waals surface area contributed by atoms with E-state index in [1.807, 2.05) is 0 Å². The van der Waals surface area contributed by atoms with Gasteiger partial charge in [0, 0.05) is 11.2 Å². The minimum Gasteiger partial charge on any atom is -0.349 e. The van der Waals surface area contributed by atoms with E-state index in [1.54, 1.807) is 30.5 Å². The zero-order valence-electron chi connectivity index (χ0n) is 11.5. The second-order valence-electron chi connectivity index (χ2n) is 4.38. The van der Waals surface area contributed by atoms with E-state index in [0.717, 1.165) is 0 Å². The SMILES string of the molecule is O=C(CNS(=O)(=O)c1cccc(Cl)c1)NCc1ccccn1. The van der Waals surface area contributed by atoms with Crippen LogP contribution in [0.4, 0.5) is 0 Å². The Labute approximate surface area is 133 Å². The number of benzene rings is 1. The Balaban J connectivity index is 1.88. The van der Waals surface area contributed by atoms with Gasteiger partial charge in [-0.3, -0.25) is 9.78 Å². The van der Waals surface area contributed by atoms with Crippen LogP contribution in [0, 0.1) is 0 Å². The Kier molecular flexibility index (Phi) is 5.48. The average molecular weight is 340 g/mol. The summed E-state index contributed by atoms with van der Waals surface area (Å²) in [6.45, 7) is -0.125. The first kappa shape index (κ1) is 16.4. The zero-order valence-corrected chi connectivity index (χ0v) is 13.1. The molecular formula is C14H14ClN3O3S. The molecule has 0 saturated carbocycles. The van der Waals surface area contributed by atoms with Crippen LogP contribution in [0.15, 0.2) is 53.6 Å². The lowest BCUT2D eigenvalue weighted by Gasteiger charge is -2.08. The molecule has 0 spiro atoms. The molecule has 0 aliphatic heterocycles. The van der Waals surface area contributed by atoms with Crippen LogP contribution in [0.1, 0.15) is 5.69 Å². The van der Waals surface area contributed by atoms with Crippen LogP contribution < -0.4 is 10.0 Å². The third-order valence-corrected chi connectivity index (χ3v) is 4.36. The molecule has 2 rings (SSSR count). The van der Waals surface area contributed by atoms with Gasteiger partial charge in [-0.2, -0.15) is 0 Å². The number of carbonyl (C=O) groups excluding carboxylic acids is 1. The predicted molar refractivity (Wildman–Crippen MR) is 82.7 cm³/mol. The number of aromatic nitrogens is 1. The molecule has 1 heterocycles. The van der Waals surface area contributed by atoms with Crippen molar-refractivity contribution in [3.05, 3.63) is 59.4 Å². The van der Waals surface area contributed by atoms with Crippen molar-refractivity contribution >= 4 is 27.5 Å². The lowest BCUT2D eigenvalue weighted by molar-refractivity contribution is -0.120. The van der Waals surface area contributed by atoms with E-state index in [-0.39, 0.29) is 18.0 Å². The standard InChI is InChI=1S/C14H14ClN3O3S/c15-11-4-3-6-13(8-11)22(20,21)18-10-14(19)17-9-12-5-1-2-7-16-12/h1-8,18H,9-10H2,(H,17,19). The third-order valence-electron chi connectivity index (χ3n) is 2.72. The molecule has 1 aromatic carbocycles. The van der Waals surface area contributed by atoms with E-state index >= 15 is 0 Å². The van der Waals surface area contributed by atoms with Crippen LogP contribution in [-0.4, -0.2) is 25.9 Å². The second-order valence-corrected chi connectivity index (χ2v) is 6.58. The molecule has 0 radical (unpaired) electrons. The van der Waals surface area contributed by atoms with Crippen molar-refractivity contribution in [3.63, 3.8) is 0 Å². The van der Waals surface area contributed by atoms with Crippen LogP contribution in [0.3, 0.4) is 0 Å². The highest BCUT2D eigenvalue weighted by Gasteiger charge is 2.15. The fraction of sp³-hybridized carbons (Fsp3) is 0.143. The van der Waals surface area contributed by atoms with Crippen LogP contribution in [0.5, 0.6) is 0 Å². The summed E-state index contributed by atoms with van der Waals surface area (Å²) in [4.78, 5) is 15.7. The minimum absolute atomic E-state index is 0.0116. The van der Waals surface area contributed by atoms with Crippen molar-refractivity contribution in [3.8, 4) is 0 Å². The Morgan fingerprint density at radius 3 is 2.68 bits per heavy atom. The summed E-state index contributed by atoms with van der Waals surface area (Å²) in [6, 6.07) is 11.1. The normalized spacial score (nSPS) is 11.1. The monoisotopic (exact) mass is 339 g/mol. The average Bonchev–Trinajstić information content (AvgIpc) is 2.52. The lowest BCUT2D eigenvalue weighted by Crippen LogP contribution is -2.36. The van der Waals surface area contributed by atoms with Crippen molar-refractivity contribution in [1.29, 1.82) is 0 Å². The van der Waals surface area contributed by atoms with Crippen molar-refractivity contribution in [2.75, 3.05) is 6.54 Å². The Hall–Kier alpha value is -1.96. The minimum atomic E-state index is -3.77. The molecule has 0 unspecified atom stereocenters. The van der Waals surface area contributed by atoms with Crippen molar-refractivity contribution < 1.29 is 13.2 Å². The summed E-state index contributed by atoms with van der Waals surface area (Å²) in [5.74, 6) is -0.448. The molecule has 8 heteroatoms. The first-order valence-electron chi connectivity index (χ1n) is 6.39. The number of sulfonamides is 1. The number of amides is 1. The molecule has 1 aromatic heterocycles. The fourth-order valence-corrected chi connectivity index (χ4v) is 2.91. The molecule has 0 fully saturated rings. The van der Waals surface area contributed by atoms with Gasteiger partial charge in [0.2, 0.25) is 15.9 Å². The summed E-state index contributed by atoms with van der Waals surface area (Å²) in [7, 11) is -3.77. The third kappa shape index (κ3) is 4.80. The molecule has 2 N–H and O–H groups in total. The number of halogens is 1. The Morgan fingerprint density at radius 1 is 1.18 bits per heavy atom. The van der Waals surface area contributed by atoms with Crippen LogP contribution >= 0.6 is 11.6 Å². The highest BCUT2D eigenvalue weighted by molar-refractivity contribution is 7.89. The first-order valence-corrected chi connectivity index (χ1v) is 8.25. The topological polar surface area (TPSA) is 88.2 Å². The maximum Gasteiger partial charge on any atom is 0.241 e. The van der Waals surface area contributed by atoms with Gasteiger partial charge in [0.1, 0.15) is 0 Å². The highest BCUT2D eigenvalue weighted by Crippen LogP contribution is 2.14. The first-order chi connectivity index (χ1) is 10.5. The molecule has 116 valence electrons. The highest BCUT2D eigenvalue weighted by atomic mass is 35.5. The number of hydrogen-bond donors (Lipinski definition) is 2. The van der Waals surface area contributed by atoms with Gasteiger partial charge in [-0.1, -0.05) is 23.7 Å². The molecule has 0 atom stereocenters. The number of nitrogens with one attached hydrogen (secondary N) is 2. The maximum atomic E-state index is 12.0. The van der Waals surface area contributed by atoms with Crippen LogP contribution in [-0.2, 0) is 21.4 Å². The second kappa shape index (κ2) is 7.35. The van der Waals surface area contributed by atoms with Gasteiger partial charge in [-0.15, -0.1) is 0 Å². The number of pyridine rings is 1. The van der Waals surface area contributed by atoms with Gasteiger partial charge < -0.3 is 5.32 Å². The van der Waals surface area contributed by atoms with Crippen molar-refractivity contribution in [2.45, 2.75) is 11.4 Å². The Bertz CT molecular complexity index is 751. The van der Waals surface area contributed by atoms with Crippen LogP contribution in [0.25, 0.3) is 0 Å². The zero-order chi connectivity index (χ0) is 16.0. The number of hydrogen-bond acceptors (Lipinski definition) is 4. The van der Waals surface area contributed by atoms with E-state index < -0.39 is 15.9 Å². The Morgan fingerprint density at radius 2 is 2.00 bits per heavy atom. The molecule has 0 bridgehead atoms. The van der Waals surface area contributed by atoms with Crippen molar-refractivity contribution in [2.24, 2.45) is 0 Å². The summed E-state index contributed by atoms with van der Waals surface area (Å²) >= 11 is 5.75. The van der Waals surface area contributed by atoms with E-state index in [9.17, 15) is 13.2 Å². The van der Waals surface area contributed by atoms with Gasteiger partial charge in [-0.25, -0.2) is 13.1 Å². The van der Waals surface area contributed by atoms with E-state index in [4.69, 9.17) is 11.6 Å². The van der Waals surface area contributed by atoms with Gasteiger partial charge in [0.15, 0.2) is 0 Å². The number of nitrogens with zero attached hydrogens (tertiary/aromatic N) is 1. The molecule has 6 nitrogen and oxygen atoms in total. The molecule has 0 saturated heterocycles. The van der Waals surface area contributed by atoms with Gasteiger partial charge in [-0.05, 0) is 30.3 Å². The van der Waals surface area contributed by atoms with E-state index in [2.05, 4.69) is 15.0 Å². The molecule has 1 amide bonds. The van der Waals surface area contributed by atoms with E-state index in [1.165, 1.54) is 18.2 Å². The van der Waals surface area contributed by atoms with Gasteiger partial charge >= 0.3 is 0 Å². The van der Waals surface area contributed by atoms with Crippen molar-refractivity contribution in [1.82, 2.24) is 15.0 Å². The number of rotatable bonds is 6. The summed E-state index contributed by atoms with van der Waals surface area (Å²) in [5.41, 5.74) is 0.688. The quantitative estimate of drug-likeness (QED) is 0.831. The summed E-state index contributed by atoms with van der Waals surface area (Å²) < 4.78 is 26.2. The molecule has 2 aromatic rings. The van der Waals surface area contributed by atoms with Gasteiger partial charge in [0.25, 0.3) is 0 Å². The smallest absolute Gasteiger partial charge is 0.241 e. The predicted octanol–water partition coefficient (Wildman–Crippen LogP) is 1.33. The maximum absolute atomic E-state index is 12.0. The van der Waals surface area contributed by atoms with E-state index in [0.29, 0.717) is 10.7 Å². The lowest BCUT2D eigenvalue weighted by atomic mass is 10.3. The summed E-state index contributed by atoms with van der Waals surface area (Å²) in [6.07, 6.45) is 1.61. The molecule has 22 heavy (non-hydrogen) atoms. The summed E-state index contributed by atoms with van der Waals surface area (Å²) in [5, 5.41) is 2.89. The molecule has 0 aliphatic carbocycles. The van der Waals surface area contributed by atoms with Gasteiger partial charge in [0.05, 0.1) is 23.7 Å². The fourth-order valence-electron chi connectivity index (χ4n) is 1.63. The molecular weight excluding hydrogens is 326 g/mol. The molecule has 0 aliphatic rings. The number of carbonyl (C=O) groups is 1. The largest absolute Gasteiger partial charge is 0.349 e. The van der Waals surface area contributed by atoms with Crippen LogP contribution in [0.2, 0.25) is 5.02 Å².